The minimum absolute atomic E-state index is 0.0194. The Morgan fingerprint density at radius 3 is 2.18 bits per heavy atom. The van der Waals surface area contributed by atoms with Crippen LogP contribution in [0.4, 0.5) is 10.1 Å². The first-order chi connectivity index (χ1) is 18.6. The fourth-order valence-corrected chi connectivity index (χ4v) is 6.14. The van der Waals surface area contributed by atoms with Crippen molar-refractivity contribution in [1.82, 2.24) is 10.2 Å². The SMILES string of the molecule is Cc1ccc(S(=O)(=O)N(CC(=O)N(Cc2ccc(F)cc2)[C@@H](C)C(=O)NC2CCCC2)c2ccccc2)cc1. The first-order valence-corrected chi connectivity index (χ1v) is 14.6. The van der Waals surface area contributed by atoms with Crippen molar-refractivity contribution in [2.45, 2.75) is 63.1 Å². The molecule has 1 aliphatic carbocycles. The number of aryl methyl sites for hydroxylation is 1. The van der Waals surface area contributed by atoms with E-state index in [4.69, 9.17) is 0 Å². The highest BCUT2D eigenvalue weighted by Gasteiger charge is 2.33. The minimum atomic E-state index is -4.11. The number of anilines is 1. The van der Waals surface area contributed by atoms with Gasteiger partial charge in [-0.15, -0.1) is 0 Å². The van der Waals surface area contributed by atoms with Crippen molar-refractivity contribution in [3.8, 4) is 0 Å². The molecule has 39 heavy (non-hydrogen) atoms. The predicted molar refractivity (Wildman–Crippen MR) is 149 cm³/mol. The quantitative estimate of drug-likeness (QED) is 0.392. The number of sulfonamides is 1. The van der Waals surface area contributed by atoms with E-state index in [0.29, 0.717) is 11.3 Å². The summed E-state index contributed by atoms with van der Waals surface area (Å²) in [7, 11) is -4.11. The van der Waals surface area contributed by atoms with Crippen molar-refractivity contribution < 1.29 is 22.4 Å². The number of halogens is 1. The summed E-state index contributed by atoms with van der Waals surface area (Å²) in [6.45, 7) is 3.00. The molecule has 3 aromatic rings. The minimum Gasteiger partial charge on any atom is -0.352 e. The average Bonchev–Trinajstić information content (AvgIpc) is 3.44. The number of hydrogen-bond donors (Lipinski definition) is 1. The lowest BCUT2D eigenvalue weighted by Gasteiger charge is -2.32. The number of rotatable bonds is 10. The zero-order valence-electron chi connectivity index (χ0n) is 22.2. The Morgan fingerprint density at radius 1 is 0.949 bits per heavy atom. The molecule has 7 nitrogen and oxygen atoms in total. The van der Waals surface area contributed by atoms with Gasteiger partial charge in [0.05, 0.1) is 10.6 Å². The fourth-order valence-electron chi connectivity index (χ4n) is 4.72. The van der Waals surface area contributed by atoms with Gasteiger partial charge in [-0.1, -0.05) is 60.9 Å². The molecular formula is C30H34FN3O4S. The van der Waals surface area contributed by atoms with Crippen molar-refractivity contribution >= 4 is 27.5 Å². The van der Waals surface area contributed by atoms with E-state index in [2.05, 4.69) is 5.32 Å². The number of para-hydroxylation sites is 1. The third-order valence-corrected chi connectivity index (χ3v) is 8.86. The number of benzene rings is 3. The molecule has 0 bridgehead atoms. The Hall–Kier alpha value is -3.72. The summed E-state index contributed by atoms with van der Waals surface area (Å²) in [6.07, 6.45) is 3.86. The van der Waals surface area contributed by atoms with Crippen LogP contribution in [0.2, 0.25) is 0 Å². The third-order valence-electron chi connectivity index (χ3n) is 7.07. The smallest absolute Gasteiger partial charge is 0.264 e. The molecule has 1 saturated carbocycles. The summed E-state index contributed by atoms with van der Waals surface area (Å²) in [5.74, 6) is -1.26. The third kappa shape index (κ3) is 7.03. The van der Waals surface area contributed by atoms with Crippen LogP contribution in [0.25, 0.3) is 0 Å². The largest absolute Gasteiger partial charge is 0.352 e. The molecule has 3 aromatic carbocycles. The van der Waals surface area contributed by atoms with Crippen molar-refractivity contribution in [1.29, 1.82) is 0 Å². The van der Waals surface area contributed by atoms with E-state index in [1.165, 1.54) is 29.2 Å². The highest BCUT2D eigenvalue weighted by atomic mass is 32.2. The predicted octanol–water partition coefficient (Wildman–Crippen LogP) is 4.81. The van der Waals surface area contributed by atoms with Crippen LogP contribution in [0.5, 0.6) is 0 Å². The first kappa shape index (κ1) is 28.3. The van der Waals surface area contributed by atoms with Gasteiger partial charge < -0.3 is 10.2 Å². The van der Waals surface area contributed by atoms with E-state index in [0.717, 1.165) is 35.6 Å². The number of carbonyl (C=O) groups is 2. The van der Waals surface area contributed by atoms with E-state index in [9.17, 15) is 22.4 Å². The lowest BCUT2D eigenvalue weighted by Crippen LogP contribution is -2.52. The van der Waals surface area contributed by atoms with Gasteiger partial charge in [-0.25, -0.2) is 12.8 Å². The monoisotopic (exact) mass is 551 g/mol. The molecule has 4 rings (SSSR count). The second-order valence-electron chi connectivity index (χ2n) is 9.97. The molecule has 0 heterocycles. The normalized spacial score (nSPS) is 14.5. The standard InChI is InChI=1S/C30H34FN3O4S/c1-22-12-18-28(19-13-22)39(37,38)34(27-10-4-3-5-11-27)21-29(35)33(20-24-14-16-25(31)17-15-24)23(2)30(36)32-26-8-6-7-9-26/h3-5,10-19,23,26H,6-9,20-21H2,1-2H3,(H,32,36)/t23-/m0/s1. The highest BCUT2D eigenvalue weighted by Crippen LogP contribution is 2.25. The number of amides is 2. The van der Waals surface area contributed by atoms with Gasteiger partial charge in [0, 0.05) is 12.6 Å². The Labute approximate surface area is 229 Å². The van der Waals surface area contributed by atoms with Crippen LogP contribution in [0.1, 0.15) is 43.7 Å². The van der Waals surface area contributed by atoms with Gasteiger partial charge in [0.1, 0.15) is 18.4 Å². The van der Waals surface area contributed by atoms with E-state index in [1.807, 2.05) is 6.92 Å². The molecule has 2 amide bonds. The molecular weight excluding hydrogens is 517 g/mol. The zero-order valence-corrected chi connectivity index (χ0v) is 23.0. The van der Waals surface area contributed by atoms with Crippen LogP contribution in [-0.2, 0) is 26.2 Å². The molecule has 1 N–H and O–H groups in total. The van der Waals surface area contributed by atoms with Crippen LogP contribution in [0.3, 0.4) is 0 Å². The summed E-state index contributed by atoms with van der Waals surface area (Å²) >= 11 is 0. The molecule has 0 aliphatic heterocycles. The van der Waals surface area contributed by atoms with Gasteiger partial charge >= 0.3 is 0 Å². The van der Waals surface area contributed by atoms with Gasteiger partial charge in [-0.2, -0.15) is 0 Å². The second-order valence-corrected chi connectivity index (χ2v) is 11.8. The maximum Gasteiger partial charge on any atom is 0.264 e. The molecule has 0 saturated heterocycles. The highest BCUT2D eigenvalue weighted by molar-refractivity contribution is 7.92. The fraction of sp³-hybridized carbons (Fsp3) is 0.333. The lowest BCUT2D eigenvalue weighted by molar-refractivity contribution is -0.139. The van der Waals surface area contributed by atoms with Gasteiger partial charge in [-0.3, -0.25) is 13.9 Å². The van der Waals surface area contributed by atoms with Gasteiger partial charge in [0.2, 0.25) is 11.8 Å². The lowest BCUT2D eigenvalue weighted by atomic mass is 10.1. The Bertz CT molecular complexity index is 1370. The summed E-state index contributed by atoms with van der Waals surface area (Å²) in [5.41, 5.74) is 1.86. The summed E-state index contributed by atoms with van der Waals surface area (Å²) in [5, 5.41) is 3.03. The Kier molecular flexibility index (Phi) is 9.01. The molecule has 1 aliphatic rings. The topological polar surface area (TPSA) is 86.8 Å². The van der Waals surface area contributed by atoms with Gasteiger partial charge in [-0.05, 0) is 68.7 Å². The number of nitrogens with one attached hydrogen (secondary N) is 1. The van der Waals surface area contributed by atoms with Crippen molar-refractivity contribution in [2.24, 2.45) is 0 Å². The molecule has 0 aromatic heterocycles. The molecule has 1 fully saturated rings. The second kappa shape index (κ2) is 12.4. The van der Waals surface area contributed by atoms with Crippen LogP contribution in [0.15, 0.2) is 83.8 Å². The average molecular weight is 552 g/mol. The Morgan fingerprint density at radius 2 is 1.56 bits per heavy atom. The van der Waals surface area contributed by atoms with Gasteiger partial charge in [0.15, 0.2) is 0 Å². The maximum absolute atomic E-state index is 13.9. The number of carbonyl (C=O) groups excluding carboxylic acids is 2. The van der Waals surface area contributed by atoms with E-state index >= 15 is 0 Å². The van der Waals surface area contributed by atoms with Crippen LogP contribution < -0.4 is 9.62 Å². The van der Waals surface area contributed by atoms with Crippen molar-refractivity contribution in [2.75, 3.05) is 10.8 Å². The molecule has 9 heteroatoms. The van der Waals surface area contributed by atoms with Crippen LogP contribution in [0, 0.1) is 12.7 Å². The number of hydrogen-bond acceptors (Lipinski definition) is 4. The summed E-state index contributed by atoms with van der Waals surface area (Å²) < 4.78 is 42.2. The number of nitrogens with zero attached hydrogens (tertiary/aromatic N) is 2. The molecule has 0 radical (unpaired) electrons. The van der Waals surface area contributed by atoms with E-state index < -0.39 is 34.3 Å². The summed E-state index contributed by atoms with van der Waals surface area (Å²) in [6, 6.07) is 19.7. The molecule has 0 unspecified atom stereocenters. The maximum atomic E-state index is 13.9. The molecule has 206 valence electrons. The van der Waals surface area contributed by atoms with Gasteiger partial charge in [0.25, 0.3) is 10.0 Å². The summed E-state index contributed by atoms with van der Waals surface area (Å²) in [4.78, 5) is 28.5. The molecule has 0 spiro atoms. The van der Waals surface area contributed by atoms with E-state index in [1.54, 1.807) is 61.5 Å². The zero-order chi connectivity index (χ0) is 28.0. The Balaban J connectivity index is 1.66. The van der Waals surface area contributed by atoms with Crippen LogP contribution >= 0.6 is 0 Å². The van der Waals surface area contributed by atoms with E-state index in [-0.39, 0.29) is 23.4 Å². The molecule has 1 atom stereocenters. The first-order valence-electron chi connectivity index (χ1n) is 13.1. The van der Waals surface area contributed by atoms with Crippen LogP contribution in [-0.4, -0.2) is 43.8 Å². The van der Waals surface area contributed by atoms with Crippen molar-refractivity contribution in [3.63, 3.8) is 0 Å². The van der Waals surface area contributed by atoms with Crippen molar-refractivity contribution in [3.05, 3.63) is 95.8 Å².